The molecule has 0 saturated carbocycles. The Bertz CT molecular complexity index is 424. The highest BCUT2D eigenvalue weighted by Crippen LogP contribution is 2.10. The predicted octanol–water partition coefficient (Wildman–Crippen LogP) is 2.56. The Labute approximate surface area is 120 Å². The zero-order valence-corrected chi connectivity index (χ0v) is 12.7. The molecule has 1 aromatic rings. The lowest BCUT2D eigenvalue weighted by Crippen LogP contribution is -2.47. The number of benzene rings is 1. The molecular formula is C15H24FN3O. The van der Waals surface area contributed by atoms with Crippen LogP contribution in [0.15, 0.2) is 29.3 Å². The van der Waals surface area contributed by atoms with Crippen LogP contribution in [0, 0.1) is 5.82 Å². The molecular weight excluding hydrogens is 257 g/mol. The first-order valence-corrected chi connectivity index (χ1v) is 6.78. The number of guanidine groups is 1. The summed E-state index contributed by atoms with van der Waals surface area (Å²) in [6.07, 6.45) is 0.836. The first kappa shape index (κ1) is 16.3. The van der Waals surface area contributed by atoms with Crippen molar-refractivity contribution >= 4 is 5.96 Å². The second-order valence-electron chi connectivity index (χ2n) is 5.53. The van der Waals surface area contributed by atoms with E-state index in [-0.39, 0.29) is 11.4 Å². The molecule has 0 radical (unpaired) electrons. The van der Waals surface area contributed by atoms with Crippen LogP contribution in [-0.4, -0.2) is 31.7 Å². The molecule has 0 aliphatic rings. The number of hydrogen-bond donors (Lipinski definition) is 2. The van der Waals surface area contributed by atoms with Crippen molar-refractivity contribution in [3.8, 4) is 5.75 Å². The van der Waals surface area contributed by atoms with Gasteiger partial charge in [0.25, 0.3) is 0 Å². The number of nitrogens with one attached hydrogen (secondary N) is 2. The quantitative estimate of drug-likeness (QED) is 0.495. The number of aliphatic imine (C=N–C) groups is 1. The maximum Gasteiger partial charge on any atom is 0.191 e. The van der Waals surface area contributed by atoms with Gasteiger partial charge in [-0.3, -0.25) is 4.99 Å². The van der Waals surface area contributed by atoms with Crippen LogP contribution in [-0.2, 0) is 0 Å². The van der Waals surface area contributed by atoms with Gasteiger partial charge in [0, 0.05) is 19.1 Å². The summed E-state index contributed by atoms with van der Waals surface area (Å²) in [6.45, 7) is 7.58. The van der Waals surface area contributed by atoms with Gasteiger partial charge in [-0.2, -0.15) is 0 Å². The fraction of sp³-hybridized carbons (Fsp3) is 0.533. The summed E-state index contributed by atoms with van der Waals surface area (Å²) in [6, 6.07) is 6.04. The average molecular weight is 281 g/mol. The predicted molar refractivity (Wildman–Crippen MR) is 80.8 cm³/mol. The van der Waals surface area contributed by atoms with Gasteiger partial charge in [0.15, 0.2) is 5.96 Å². The van der Waals surface area contributed by atoms with Gasteiger partial charge in [0.1, 0.15) is 11.6 Å². The fourth-order valence-corrected chi connectivity index (χ4v) is 1.53. The van der Waals surface area contributed by atoms with E-state index < -0.39 is 0 Å². The van der Waals surface area contributed by atoms with Crippen LogP contribution in [0.3, 0.4) is 0 Å². The van der Waals surface area contributed by atoms with E-state index >= 15 is 0 Å². The van der Waals surface area contributed by atoms with E-state index in [0.717, 1.165) is 18.9 Å². The molecule has 112 valence electrons. The Morgan fingerprint density at radius 2 is 1.90 bits per heavy atom. The van der Waals surface area contributed by atoms with Crippen molar-refractivity contribution < 1.29 is 9.13 Å². The molecule has 0 unspecified atom stereocenters. The van der Waals surface area contributed by atoms with Gasteiger partial charge in [-0.1, -0.05) is 0 Å². The van der Waals surface area contributed by atoms with E-state index in [4.69, 9.17) is 4.74 Å². The number of hydrogen-bond acceptors (Lipinski definition) is 2. The standard InChI is InChI=1S/C15H24FN3O/c1-15(2,3)19-14(17-4)18-10-5-11-20-13-8-6-12(16)7-9-13/h6-9H,5,10-11H2,1-4H3,(H2,17,18,19). The fourth-order valence-electron chi connectivity index (χ4n) is 1.53. The molecule has 1 rings (SSSR count). The normalized spacial score (nSPS) is 12.2. The molecule has 20 heavy (non-hydrogen) atoms. The van der Waals surface area contributed by atoms with Crippen LogP contribution in [0.1, 0.15) is 27.2 Å². The summed E-state index contributed by atoms with van der Waals surface area (Å²) < 4.78 is 18.2. The maximum atomic E-state index is 12.7. The van der Waals surface area contributed by atoms with Crippen LogP contribution < -0.4 is 15.4 Å². The third kappa shape index (κ3) is 6.97. The summed E-state index contributed by atoms with van der Waals surface area (Å²) in [4.78, 5) is 4.15. The Balaban J connectivity index is 2.19. The van der Waals surface area contributed by atoms with Gasteiger partial charge in [0.2, 0.25) is 0 Å². The van der Waals surface area contributed by atoms with Crippen molar-refractivity contribution in [3.63, 3.8) is 0 Å². The smallest absolute Gasteiger partial charge is 0.191 e. The van der Waals surface area contributed by atoms with E-state index in [1.165, 1.54) is 12.1 Å². The van der Waals surface area contributed by atoms with Crippen LogP contribution >= 0.6 is 0 Å². The molecule has 1 aromatic carbocycles. The first-order valence-electron chi connectivity index (χ1n) is 6.78. The lowest BCUT2D eigenvalue weighted by atomic mass is 10.1. The van der Waals surface area contributed by atoms with Crippen LogP contribution in [0.25, 0.3) is 0 Å². The highest BCUT2D eigenvalue weighted by molar-refractivity contribution is 5.80. The largest absolute Gasteiger partial charge is 0.494 e. The second-order valence-corrected chi connectivity index (χ2v) is 5.53. The molecule has 0 spiro atoms. The van der Waals surface area contributed by atoms with Crippen molar-refractivity contribution in [2.24, 2.45) is 4.99 Å². The summed E-state index contributed by atoms with van der Waals surface area (Å²) in [5.41, 5.74) is -0.0214. The van der Waals surface area contributed by atoms with Crippen molar-refractivity contribution in [2.45, 2.75) is 32.7 Å². The van der Waals surface area contributed by atoms with Gasteiger partial charge in [0.05, 0.1) is 6.61 Å². The van der Waals surface area contributed by atoms with E-state index in [0.29, 0.717) is 12.4 Å². The molecule has 4 nitrogen and oxygen atoms in total. The lowest BCUT2D eigenvalue weighted by molar-refractivity contribution is 0.310. The lowest BCUT2D eigenvalue weighted by Gasteiger charge is -2.23. The Morgan fingerprint density at radius 1 is 1.25 bits per heavy atom. The minimum absolute atomic E-state index is 0.0214. The van der Waals surface area contributed by atoms with Crippen molar-refractivity contribution in [1.29, 1.82) is 0 Å². The van der Waals surface area contributed by atoms with Gasteiger partial charge < -0.3 is 15.4 Å². The summed E-state index contributed by atoms with van der Waals surface area (Å²) in [7, 11) is 1.75. The van der Waals surface area contributed by atoms with Gasteiger partial charge in [-0.05, 0) is 51.5 Å². The molecule has 0 aliphatic carbocycles. The van der Waals surface area contributed by atoms with Crippen molar-refractivity contribution in [1.82, 2.24) is 10.6 Å². The van der Waals surface area contributed by atoms with E-state index in [2.05, 4.69) is 36.4 Å². The minimum atomic E-state index is -0.254. The van der Waals surface area contributed by atoms with Crippen LogP contribution in [0.5, 0.6) is 5.75 Å². The second kappa shape index (κ2) is 7.72. The average Bonchev–Trinajstić information content (AvgIpc) is 2.37. The zero-order chi connectivity index (χ0) is 15.0. The molecule has 0 fully saturated rings. The number of halogens is 1. The molecule has 0 amide bonds. The van der Waals surface area contributed by atoms with Gasteiger partial charge in [-0.25, -0.2) is 4.39 Å². The molecule has 0 aliphatic heterocycles. The third-order valence-electron chi connectivity index (χ3n) is 2.41. The number of nitrogens with zero attached hydrogens (tertiary/aromatic N) is 1. The Morgan fingerprint density at radius 3 is 2.45 bits per heavy atom. The van der Waals surface area contributed by atoms with Crippen LogP contribution in [0.4, 0.5) is 4.39 Å². The molecule has 0 bridgehead atoms. The summed E-state index contributed by atoms with van der Waals surface area (Å²) in [5, 5.41) is 6.50. The summed E-state index contributed by atoms with van der Waals surface area (Å²) >= 11 is 0. The SMILES string of the molecule is CN=C(NCCCOc1ccc(F)cc1)NC(C)(C)C. The zero-order valence-electron chi connectivity index (χ0n) is 12.7. The summed E-state index contributed by atoms with van der Waals surface area (Å²) in [5.74, 6) is 1.21. The molecule has 0 atom stereocenters. The highest BCUT2D eigenvalue weighted by Gasteiger charge is 2.11. The monoisotopic (exact) mass is 281 g/mol. The van der Waals surface area contributed by atoms with E-state index in [1.807, 2.05) is 0 Å². The highest BCUT2D eigenvalue weighted by atomic mass is 19.1. The number of rotatable bonds is 5. The Kier molecular flexibility index (Phi) is 6.28. The first-order chi connectivity index (χ1) is 9.40. The molecule has 0 heterocycles. The van der Waals surface area contributed by atoms with Gasteiger partial charge in [-0.15, -0.1) is 0 Å². The Hall–Kier alpha value is -1.78. The molecule has 5 heteroatoms. The number of ether oxygens (including phenoxy) is 1. The molecule has 0 saturated heterocycles. The van der Waals surface area contributed by atoms with E-state index in [9.17, 15) is 4.39 Å². The minimum Gasteiger partial charge on any atom is -0.494 e. The van der Waals surface area contributed by atoms with Crippen LogP contribution in [0.2, 0.25) is 0 Å². The molecule has 2 N–H and O–H groups in total. The van der Waals surface area contributed by atoms with Crippen molar-refractivity contribution in [3.05, 3.63) is 30.1 Å². The van der Waals surface area contributed by atoms with Gasteiger partial charge >= 0.3 is 0 Å². The van der Waals surface area contributed by atoms with Crippen molar-refractivity contribution in [2.75, 3.05) is 20.2 Å². The van der Waals surface area contributed by atoms with E-state index in [1.54, 1.807) is 19.2 Å². The third-order valence-corrected chi connectivity index (χ3v) is 2.41. The molecule has 0 aromatic heterocycles. The topological polar surface area (TPSA) is 45.7 Å². The maximum absolute atomic E-state index is 12.7.